The van der Waals surface area contributed by atoms with Crippen LogP contribution in [0.4, 0.5) is 5.69 Å². The maximum Gasteiger partial charge on any atom is 0.336 e. The zero-order chi connectivity index (χ0) is 20.3. The largest absolute Gasteiger partial charge is 0.478 e. The number of hydrogen-bond acceptors (Lipinski definition) is 6. The minimum absolute atomic E-state index is 0.200. The third-order valence-electron chi connectivity index (χ3n) is 4.17. The molecule has 1 aromatic heterocycles. The van der Waals surface area contributed by atoms with Crippen LogP contribution >= 0.6 is 0 Å². The molecule has 0 aliphatic heterocycles. The molecule has 0 unspecified atom stereocenters. The number of anilines is 1. The van der Waals surface area contributed by atoms with Crippen LogP contribution in [-0.2, 0) is 0 Å². The molecule has 2 aromatic carbocycles. The summed E-state index contributed by atoms with van der Waals surface area (Å²) in [6.45, 7) is 3.83. The maximum atomic E-state index is 11.8. The first kappa shape index (κ1) is 18.6. The summed E-state index contributed by atoms with van der Waals surface area (Å²) < 4.78 is 0. The van der Waals surface area contributed by atoms with Gasteiger partial charge in [0.25, 0.3) is 0 Å². The lowest BCUT2D eigenvalue weighted by Gasteiger charge is -2.11. The zero-order valence-corrected chi connectivity index (χ0v) is 15.2. The first-order valence-electron chi connectivity index (χ1n) is 8.32. The van der Waals surface area contributed by atoms with Crippen molar-refractivity contribution < 1.29 is 9.90 Å². The number of hydrogen-bond donors (Lipinski definition) is 2. The first-order valence-corrected chi connectivity index (χ1v) is 8.32. The van der Waals surface area contributed by atoms with Crippen molar-refractivity contribution in [2.75, 3.05) is 5.43 Å². The van der Waals surface area contributed by atoms with Crippen LogP contribution in [0, 0.1) is 36.5 Å². The topological polar surface area (TPSA) is 122 Å². The average Bonchev–Trinajstić information content (AvgIpc) is 2.68. The number of nitrogens with zero attached hydrogens (tertiary/aromatic N) is 4. The molecular weight excluding hydrogens is 354 g/mol. The number of carbonyl (C=O) groups is 1. The fourth-order valence-electron chi connectivity index (χ4n) is 2.92. The standard InChI is InChI=1S/C21H15N5O2/c1-12-7-13(2)20-17(8-12)18(21(27)28)9-19(24-20)14-3-5-15(6-4-14)25-26-16(10-22)11-23/h3-9,25H,1-2H3,(H,27,28). The lowest BCUT2D eigenvalue weighted by Crippen LogP contribution is -2.02. The molecule has 0 atom stereocenters. The van der Waals surface area contributed by atoms with Gasteiger partial charge in [-0.05, 0) is 43.7 Å². The maximum absolute atomic E-state index is 11.8. The SMILES string of the molecule is Cc1cc(C)c2nc(-c3ccc(NN=C(C#N)C#N)cc3)cc(C(=O)O)c2c1. The van der Waals surface area contributed by atoms with E-state index in [9.17, 15) is 9.90 Å². The molecule has 2 N–H and O–H groups in total. The Morgan fingerprint density at radius 3 is 2.39 bits per heavy atom. The number of aromatic carboxylic acids is 1. The number of benzene rings is 2. The van der Waals surface area contributed by atoms with Crippen molar-refractivity contribution in [3.8, 4) is 23.4 Å². The molecule has 0 bridgehead atoms. The van der Waals surface area contributed by atoms with E-state index in [1.807, 2.05) is 26.0 Å². The number of carboxylic acid groups (broad SMARTS) is 1. The van der Waals surface area contributed by atoms with E-state index >= 15 is 0 Å². The van der Waals surface area contributed by atoms with Gasteiger partial charge in [0, 0.05) is 10.9 Å². The summed E-state index contributed by atoms with van der Waals surface area (Å²) in [6.07, 6.45) is 0. The molecular formula is C21H15N5O2. The predicted octanol–water partition coefficient (Wildman–Crippen LogP) is 4.03. The molecule has 0 saturated carbocycles. The highest BCUT2D eigenvalue weighted by Gasteiger charge is 2.15. The summed E-state index contributed by atoms with van der Waals surface area (Å²) in [5, 5.41) is 31.3. The third kappa shape index (κ3) is 3.64. The van der Waals surface area contributed by atoms with Gasteiger partial charge in [-0.2, -0.15) is 15.6 Å². The Balaban J connectivity index is 2.05. The van der Waals surface area contributed by atoms with Crippen LogP contribution in [0.25, 0.3) is 22.2 Å². The number of rotatable bonds is 4. The van der Waals surface area contributed by atoms with Crippen LogP contribution in [-0.4, -0.2) is 21.8 Å². The predicted molar refractivity (Wildman–Crippen MR) is 106 cm³/mol. The number of fused-ring (bicyclic) bond motifs is 1. The summed E-state index contributed by atoms with van der Waals surface area (Å²) in [5.74, 6) is -1.01. The summed E-state index contributed by atoms with van der Waals surface area (Å²) in [6, 6.07) is 15.6. The minimum atomic E-state index is -1.01. The van der Waals surface area contributed by atoms with Crippen molar-refractivity contribution in [3.05, 3.63) is 59.2 Å². The zero-order valence-electron chi connectivity index (χ0n) is 15.2. The van der Waals surface area contributed by atoms with E-state index in [4.69, 9.17) is 10.5 Å². The Bertz CT molecular complexity index is 1180. The fraction of sp³-hybridized carbons (Fsp3) is 0.0952. The van der Waals surface area contributed by atoms with Gasteiger partial charge in [-0.1, -0.05) is 23.8 Å². The molecule has 0 aliphatic rings. The second-order valence-corrected chi connectivity index (χ2v) is 6.21. The van der Waals surface area contributed by atoms with Gasteiger partial charge in [-0.3, -0.25) is 5.43 Å². The average molecular weight is 369 g/mol. The minimum Gasteiger partial charge on any atom is -0.478 e. The molecule has 136 valence electrons. The Hall–Kier alpha value is -4.23. The van der Waals surface area contributed by atoms with Gasteiger partial charge >= 0.3 is 5.97 Å². The van der Waals surface area contributed by atoms with Crippen LogP contribution < -0.4 is 5.43 Å². The first-order chi connectivity index (χ1) is 13.4. The molecule has 3 rings (SSSR count). The quantitative estimate of drug-likeness (QED) is 0.529. The lowest BCUT2D eigenvalue weighted by atomic mass is 10.00. The number of nitriles is 2. The second kappa shape index (κ2) is 7.56. The van der Waals surface area contributed by atoms with Gasteiger partial charge < -0.3 is 5.11 Å². The Morgan fingerprint density at radius 1 is 1.11 bits per heavy atom. The van der Waals surface area contributed by atoms with E-state index in [0.717, 1.165) is 16.7 Å². The van der Waals surface area contributed by atoms with E-state index in [-0.39, 0.29) is 11.3 Å². The highest BCUT2D eigenvalue weighted by atomic mass is 16.4. The highest BCUT2D eigenvalue weighted by molar-refractivity contribution is 6.10. The smallest absolute Gasteiger partial charge is 0.336 e. The fourth-order valence-corrected chi connectivity index (χ4v) is 2.92. The van der Waals surface area contributed by atoms with E-state index in [2.05, 4.69) is 15.5 Å². The normalized spacial score (nSPS) is 10.0. The van der Waals surface area contributed by atoms with Crippen LogP contribution in [0.2, 0.25) is 0 Å². The molecule has 7 heteroatoms. The van der Waals surface area contributed by atoms with Crippen LogP contribution in [0.3, 0.4) is 0 Å². The van der Waals surface area contributed by atoms with Crippen LogP contribution in [0.5, 0.6) is 0 Å². The Kier molecular flexibility index (Phi) is 5.01. The van der Waals surface area contributed by atoms with E-state index in [1.165, 1.54) is 0 Å². The monoisotopic (exact) mass is 369 g/mol. The number of carboxylic acids is 1. The Morgan fingerprint density at radius 2 is 1.79 bits per heavy atom. The van der Waals surface area contributed by atoms with Crippen LogP contribution in [0.15, 0.2) is 47.6 Å². The summed E-state index contributed by atoms with van der Waals surface area (Å²) in [5.41, 5.74) is 6.95. The van der Waals surface area contributed by atoms with E-state index < -0.39 is 5.97 Å². The molecule has 0 saturated heterocycles. The summed E-state index contributed by atoms with van der Waals surface area (Å²) in [7, 11) is 0. The molecule has 0 spiro atoms. The van der Waals surface area contributed by atoms with E-state index in [0.29, 0.717) is 22.3 Å². The number of nitrogens with one attached hydrogen (secondary N) is 1. The molecule has 0 amide bonds. The summed E-state index contributed by atoms with van der Waals surface area (Å²) >= 11 is 0. The molecule has 3 aromatic rings. The number of pyridine rings is 1. The van der Waals surface area contributed by atoms with Gasteiger partial charge in [0.2, 0.25) is 5.71 Å². The Labute approximate surface area is 161 Å². The third-order valence-corrected chi connectivity index (χ3v) is 4.17. The molecule has 0 fully saturated rings. The second-order valence-electron chi connectivity index (χ2n) is 6.21. The number of hydrazone groups is 1. The lowest BCUT2D eigenvalue weighted by molar-refractivity contribution is 0.0699. The van der Waals surface area contributed by atoms with Gasteiger partial charge in [0.1, 0.15) is 12.1 Å². The van der Waals surface area contributed by atoms with Crippen molar-refractivity contribution in [2.45, 2.75) is 13.8 Å². The molecule has 0 aliphatic carbocycles. The number of aryl methyl sites for hydroxylation is 2. The number of aromatic nitrogens is 1. The van der Waals surface area contributed by atoms with Crippen molar-refractivity contribution in [1.82, 2.24) is 4.98 Å². The van der Waals surface area contributed by atoms with Gasteiger partial charge in [0.15, 0.2) is 0 Å². The van der Waals surface area contributed by atoms with Crippen molar-refractivity contribution >= 4 is 28.3 Å². The van der Waals surface area contributed by atoms with Gasteiger partial charge in [0.05, 0.1) is 22.5 Å². The van der Waals surface area contributed by atoms with Gasteiger partial charge in [-0.25, -0.2) is 9.78 Å². The van der Waals surface area contributed by atoms with Crippen LogP contribution in [0.1, 0.15) is 21.5 Å². The molecule has 0 radical (unpaired) electrons. The van der Waals surface area contributed by atoms with Crippen molar-refractivity contribution in [1.29, 1.82) is 10.5 Å². The van der Waals surface area contributed by atoms with Crippen molar-refractivity contribution in [3.63, 3.8) is 0 Å². The molecule has 1 heterocycles. The summed E-state index contributed by atoms with van der Waals surface area (Å²) in [4.78, 5) is 16.4. The molecule has 28 heavy (non-hydrogen) atoms. The van der Waals surface area contributed by atoms with E-state index in [1.54, 1.807) is 42.5 Å². The molecule has 7 nitrogen and oxygen atoms in total. The highest BCUT2D eigenvalue weighted by Crippen LogP contribution is 2.28. The van der Waals surface area contributed by atoms with Gasteiger partial charge in [-0.15, -0.1) is 0 Å². The van der Waals surface area contributed by atoms with Crippen molar-refractivity contribution in [2.24, 2.45) is 5.10 Å².